The standard InChI is InChI=1S/C15H21NO10S2/c1-24-9-4-2-3-8(5-9)6-11(16-26-28(21,22)23)27-15-14(20)13(19)12(18)10(7-17)25-15/h2-5,10,12-15,17-20H,6-7H2,1H3,(H,21,22,23)/p-1/t10?,12-,13+,14?,15+/m1/s1. The van der Waals surface area contributed by atoms with Gasteiger partial charge in [0.15, 0.2) is 0 Å². The number of benzene rings is 1. The van der Waals surface area contributed by atoms with E-state index in [4.69, 9.17) is 9.47 Å². The van der Waals surface area contributed by atoms with E-state index in [1.165, 1.54) is 7.11 Å². The molecule has 0 amide bonds. The molecule has 0 spiro atoms. The van der Waals surface area contributed by atoms with Crippen LogP contribution in [-0.4, -0.2) is 82.0 Å². The molecule has 2 rings (SSSR count). The Kier molecular flexibility index (Phi) is 8.03. The Morgan fingerprint density at radius 2 is 2.00 bits per heavy atom. The van der Waals surface area contributed by atoms with Gasteiger partial charge in [0, 0.05) is 6.42 Å². The fourth-order valence-corrected chi connectivity index (χ4v) is 3.76. The normalized spacial score (nSPS) is 28.8. The second kappa shape index (κ2) is 9.84. The summed E-state index contributed by atoms with van der Waals surface area (Å²) in [7, 11) is -3.66. The van der Waals surface area contributed by atoms with Gasteiger partial charge < -0.3 is 34.5 Å². The number of aliphatic hydroxyl groups is 4. The number of methoxy groups -OCH3 is 1. The molecule has 0 radical (unpaired) electrons. The summed E-state index contributed by atoms with van der Waals surface area (Å²) in [6, 6.07) is 6.67. The smallest absolute Gasteiger partial charge is 0.284 e. The highest BCUT2D eigenvalue weighted by atomic mass is 32.3. The fourth-order valence-electron chi connectivity index (χ4n) is 2.44. The van der Waals surface area contributed by atoms with Gasteiger partial charge in [-0.15, -0.1) is 0 Å². The lowest BCUT2D eigenvalue weighted by molar-refractivity contribution is -0.205. The molecule has 1 aromatic carbocycles. The Morgan fingerprint density at radius 3 is 2.61 bits per heavy atom. The van der Waals surface area contributed by atoms with Crippen LogP contribution in [0.1, 0.15) is 5.56 Å². The van der Waals surface area contributed by atoms with Gasteiger partial charge in [-0.05, 0) is 17.7 Å². The average molecular weight is 438 g/mol. The van der Waals surface area contributed by atoms with Crippen molar-refractivity contribution in [3.05, 3.63) is 29.8 Å². The van der Waals surface area contributed by atoms with Gasteiger partial charge in [-0.2, -0.15) is 8.42 Å². The van der Waals surface area contributed by atoms with Gasteiger partial charge in [-0.3, -0.25) is 4.28 Å². The van der Waals surface area contributed by atoms with Crippen LogP contribution in [0.15, 0.2) is 29.4 Å². The quantitative estimate of drug-likeness (QED) is 0.129. The predicted octanol–water partition coefficient (Wildman–Crippen LogP) is -1.44. The third kappa shape index (κ3) is 6.28. The lowest BCUT2D eigenvalue weighted by atomic mass is 10.0. The van der Waals surface area contributed by atoms with Crippen LogP contribution in [-0.2, 0) is 25.8 Å². The zero-order valence-corrected chi connectivity index (χ0v) is 16.2. The van der Waals surface area contributed by atoms with E-state index < -0.39 is 46.9 Å². The second-order valence-electron chi connectivity index (χ2n) is 5.81. The molecule has 0 aromatic heterocycles. The van der Waals surface area contributed by atoms with E-state index >= 15 is 0 Å². The van der Waals surface area contributed by atoms with Crippen molar-refractivity contribution in [3.63, 3.8) is 0 Å². The molecule has 28 heavy (non-hydrogen) atoms. The lowest BCUT2D eigenvalue weighted by Crippen LogP contribution is -2.57. The summed E-state index contributed by atoms with van der Waals surface area (Å²) in [4.78, 5) is 0. The zero-order valence-electron chi connectivity index (χ0n) is 14.6. The molecule has 13 heteroatoms. The molecule has 1 fully saturated rings. The Bertz CT molecular complexity index is 785. The van der Waals surface area contributed by atoms with Crippen molar-refractivity contribution in [1.82, 2.24) is 0 Å². The van der Waals surface area contributed by atoms with Crippen LogP contribution in [0.3, 0.4) is 0 Å². The van der Waals surface area contributed by atoms with E-state index in [0.29, 0.717) is 23.1 Å². The number of thioether (sulfide) groups is 1. The summed E-state index contributed by atoms with van der Waals surface area (Å²) >= 11 is 0.674. The van der Waals surface area contributed by atoms with Crippen LogP contribution >= 0.6 is 11.8 Å². The number of hydrogen-bond donors (Lipinski definition) is 4. The van der Waals surface area contributed by atoms with Gasteiger partial charge in [0.05, 0.1) is 13.7 Å². The number of nitrogens with zero attached hydrogens (tertiary/aromatic N) is 1. The van der Waals surface area contributed by atoms with Crippen molar-refractivity contribution in [2.75, 3.05) is 13.7 Å². The van der Waals surface area contributed by atoms with Gasteiger partial charge in [-0.25, -0.2) is 0 Å². The highest BCUT2D eigenvalue weighted by molar-refractivity contribution is 8.14. The predicted molar refractivity (Wildman–Crippen MR) is 96.3 cm³/mol. The van der Waals surface area contributed by atoms with E-state index in [0.717, 1.165) is 0 Å². The van der Waals surface area contributed by atoms with Gasteiger partial charge in [-0.1, -0.05) is 29.1 Å². The highest BCUT2D eigenvalue weighted by Gasteiger charge is 2.44. The Balaban J connectivity index is 2.23. The molecule has 1 saturated heterocycles. The lowest BCUT2D eigenvalue weighted by Gasteiger charge is -2.39. The molecule has 1 aliphatic rings. The molecule has 0 bridgehead atoms. The monoisotopic (exact) mass is 438 g/mol. The first-order chi connectivity index (χ1) is 13.1. The second-order valence-corrected chi connectivity index (χ2v) is 7.95. The van der Waals surface area contributed by atoms with Gasteiger partial charge in [0.2, 0.25) is 0 Å². The summed E-state index contributed by atoms with van der Waals surface area (Å²) < 4.78 is 46.6. The summed E-state index contributed by atoms with van der Waals surface area (Å²) in [6.07, 6.45) is -5.92. The molecule has 1 aromatic rings. The van der Waals surface area contributed by atoms with Crippen LogP contribution in [0.4, 0.5) is 0 Å². The summed E-state index contributed by atoms with van der Waals surface area (Å²) in [5.74, 6) is 0.520. The molecule has 5 atom stereocenters. The number of ether oxygens (including phenoxy) is 2. The van der Waals surface area contributed by atoms with E-state index in [1.807, 2.05) is 0 Å². The van der Waals surface area contributed by atoms with Crippen molar-refractivity contribution in [2.24, 2.45) is 5.16 Å². The summed E-state index contributed by atoms with van der Waals surface area (Å²) in [6.45, 7) is -0.629. The van der Waals surface area contributed by atoms with Crippen molar-refractivity contribution >= 4 is 27.2 Å². The number of oxime groups is 1. The molecule has 11 nitrogen and oxygen atoms in total. The Labute approximate surface area is 165 Å². The zero-order chi connectivity index (χ0) is 20.9. The first-order valence-electron chi connectivity index (χ1n) is 7.96. The Hall–Kier alpha value is -1.45. The number of hydrogen-bond acceptors (Lipinski definition) is 12. The molecular weight excluding hydrogens is 418 g/mol. The van der Waals surface area contributed by atoms with Crippen molar-refractivity contribution < 1.29 is 47.2 Å². The average Bonchev–Trinajstić information content (AvgIpc) is 2.66. The van der Waals surface area contributed by atoms with Crippen LogP contribution in [0.5, 0.6) is 5.75 Å². The molecule has 1 heterocycles. The van der Waals surface area contributed by atoms with E-state index in [9.17, 15) is 33.4 Å². The maximum atomic E-state index is 10.7. The fraction of sp³-hybridized carbons (Fsp3) is 0.533. The summed E-state index contributed by atoms with van der Waals surface area (Å²) in [5.41, 5.74) is -0.611. The first kappa shape index (κ1) is 22.8. The van der Waals surface area contributed by atoms with E-state index in [-0.39, 0.29) is 11.5 Å². The van der Waals surface area contributed by atoms with Crippen LogP contribution in [0, 0.1) is 0 Å². The largest absolute Gasteiger partial charge is 0.714 e. The number of aliphatic hydroxyl groups excluding tert-OH is 4. The minimum atomic E-state index is -5.12. The Morgan fingerprint density at radius 1 is 1.29 bits per heavy atom. The van der Waals surface area contributed by atoms with Crippen molar-refractivity contribution in [2.45, 2.75) is 36.3 Å². The van der Waals surface area contributed by atoms with E-state index in [2.05, 4.69) is 9.44 Å². The van der Waals surface area contributed by atoms with E-state index in [1.54, 1.807) is 24.3 Å². The molecule has 1 aliphatic heterocycles. The van der Waals surface area contributed by atoms with Gasteiger partial charge in [0.1, 0.15) is 40.6 Å². The summed E-state index contributed by atoms with van der Waals surface area (Å²) in [5, 5.41) is 42.3. The first-order valence-corrected chi connectivity index (χ1v) is 10.2. The maximum absolute atomic E-state index is 10.7. The molecule has 2 unspecified atom stereocenters. The van der Waals surface area contributed by atoms with Crippen LogP contribution in [0.2, 0.25) is 0 Å². The minimum absolute atomic E-state index is 0.0214. The van der Waals surface area contributed by atoms with Gasteiger partial charge >= 0.3 is 0 Å². The molecule has 158 valence electrons. The van der Waals surface area contributed by atoms with Crippen molar-refractivity contribution in [1.29, 1.82) is 0 Å². The third-order valence-corrected chi connectivity index (χ3v) is 5.19. The topological polar surface area (TPSA) is 178 Å². The van der Waals surface area contributed by atoms with Gasteiger partial charge in [0.25, 0.3) is 10.4 Å². The van der Waals surface area contributed by atoms with Crippen LogP contribution in [0.25, 0.3) is 0 Å². The highest BCUT2D eigenvalue weighted by Crippen LogP contribution is 2.30. The maximum Gasteiger partial charge on any atom is 0.284 e. The van der Waals surface area contributed by atoms with Crippen molar-refractivity contribution in [3.8, 4) is 5.75 Å². The molecule has 0 saturated carbocycles. The molecular formula is C15H20NO10S2-. The molecule has 0 aliphatic carbocycles. The van der Waals surface area contributed by atoms with Crippen LogP contribution < -0.4 is 4.74 Å². The number of rotatable bonds is 7. The minimum Gasteiger partial charge on any atom is -0.714 e. The SMILES string of the molecule is COc1cccc(CC(=NOS(=O)(=O)[O-])S[C@@H]2OC(CO)[C@@H](O)[C@H](O)C2O)c1. The third-order valence-electron chi connectivity index (χ3n) is 3.82. The molecule has 4 N–H and O–H groups in total.